The Bertz CT molecular complexity index is 1210. The lowest BCUT2D eigenvalue weighted by Crippen LogP contribution is -2.33. The molecule has 0 saturated carbocycles. The van der Waals surface area contributed by atoms with E-state index in [0.29, 0.717) is 23.2 Å². The quantitative estimate of drug-likeness (QED) is 0.447. The smallest absolute Gasteiger partial charge is 0.233 e. The van der Waals surface area contributed by atoms with E-state index >= 15 is 0 Å². The predicted octanol–water partition coefficient (Wildman–Crippen LogP) is 4.48. The molecular weight excluding hydrogens is 481 g/mol. The summed E-state index contributed by atoms with van der Waals surface area (Å²) in [4.78, 5) is 15.3. The van der Waals surface area contributed by atoms with Crippen molar-refractivity contribution >= 4 is 17.7 Å². The van der Waals surface area contributed by atoms with E-state index in [9.17, 15) is 9.18 Å². The molecule has 0 aliphatic carbocycles. The summed E-state index contributed by atoms with van der Waals surface area (Å²) in [6.45, 7) is 6.59. The second-order valence-corrected chi connectivity index (χ2v) is 10.4. The van der Waals surface area contributed by atoms with E-state index in [1.807, 2.05) is 29.7 Å². The van der Waals surface area contributed by atoms with Crippen molar-refractivity contribution < 1.29 is 18.7 Å². The van der Waals surface area contributed by atoms with E-state index in [4.69, 9.17) is 9.47 Å². The minimum absolute atomic E-state index is 0.0485. The topological polar surface area (TPSA) is 81.5 Å². The molecule has 0 bridgehead atoms. The molecule has 36 heavy (non-hydrogen) atoms. The summed E-state index contributed by atoms with van der Waals surface area (Å²) in [5, 5.41) is 12.2. The lowest BCUT2D eigenvalue weighted by atomic mass is 10.1. The number of nitrogens with zero attached hydrogens (tertiary/aromatic N) is 4. The van der Waals surface area contributed by atoms with Crippen LogP contribution in [0.15, 0.2) is 47.6 Å². The van der Waals surface area contributed by atoms with Crippen LogP contribution >= 0.6 is 11.8 Å². The number of ether oxygens (including phenoxy) is 2. The van der Waals surface area contributed by atoms with Gasteiger partial charge in [0.1, 0.15) is 5.82 Å². The van der Waals surface area contributed by atoms with Gasteiger partial charge in [-0.3, -0.25) is 14.3 Å². The molecule has 10 heteroatoms. The van der Waals surface area contributed by atoms with E-state index in [0.717, 1.165) is 43.0 Å². The SMILES string of the molecule is CC(Sc1nnc(C(C)N2CCCCC2)n1-c1ccc(F)cc1)C(=O)NCc1ccc2c(c1)OCO2. The Labute approximate surface area is 214 Å². The van der Waals surface area contributed by atoms with Crippen molar-refractivity contribution in [1.29, 1.82) is 0 Å². The van der Waals surface area contributed by atoms with Crippen LogP contribution in [-0.2, 0) is 11.3 Å². The minimum Gasteiger partial charge on any atom is -0.454 e. The van der Waals surface area contributed by atoms with Gasteiger partial charge in [-0.15, -0.1) is 10.2 Å². The van der Waals surface area contributed by atoms with Gasteiger partial charge < -0.3 is 14.8 Å². The molecule has 2 aliphatic heterocycles. The highest BCUT2D eigenvalue weighted by Crippen LogP contribution is 2.33. The van der Waals surface area contributed by atoms with Crippen LogP contribution in [0.1, 0.15) is 50.5 Å². The molecule has 3 aromatic rings. The molecule has 8 nitrogen and oxygen atoms in total. The highest BCUT2D eigenvalue weighted by Gasteiger charge is 2.27. The Kier molecular flexibility index (Phi) is 7.43. The Morgan fingerprint density at radius 3 is 2.58 bits per heavy atom. The van der Waals surface area contributed by atoms with Gasteiger partial charge in [0, 0.05) is 12.2 Å². The lowest BCUT2D eigenvalue weighted by Gasteiger charge is -2.32. The summed E-state index contributed by atoms with van der Waals surface area (Å²) >= 11 is 1.34. The molecule has 3 heterocycles. The summed E-state index contributed by atoms with van der Waals surface area (Å²) < 4.78 is 26.4. The van der Waals surface area contributed by atoms with E-state index in [1.54, 1.807) is 12.1 Å². The van der Waals surface area contributed by atoms with Gasteiger partial charge in [-0.05, 0) is 81.7 Å². The van der Waals surface area contributed by atoms with Gasteiger partial charge in [0.05, 0.1) is 11.3 Å². The average Bonchev–Trinajstić information content (AvgIpc) is 3.54. The fourth-order valence-corrected chi connectivity index (χ4v) is 5.42. The Balaban J connectivity index is 1.32. The first kappa shape index (κ1) is 24.6. The molecule has 0 spiro atoms. The average molecular weight is 512 g/mol. The second kappa shape index (κ2) is 10.9. The van der Waals surface area contributed by atoms with Crippen LogP contribution in [0.25, 0.3) is 5.69 Å². The summed E-state index contributed by atoms with van der Waals surface area (Å²) in [5.74, 6) is 1.77. The van der Waals surface area contributed by atoms with E-state index < -0.39 is 5.25 Å². The highest BCUT2D eigenvalue weighted by atomic mass is 32.2. The van der Waals surface area contributed by atoms with Crippen molar-refractivity contribution in [1.82, 2.24) is 25.0 Å². The number of amides is 1. The van der Waals surface area contributed by atoms with Gasteiger partial charge in [0.25, 0.3) is 0 Å². The fraction of sp³-hybridized carbons (Fsp3) is 0.423. The van der Waals surface area contributed by atoms with Gasteiger partial charge in [-0.25, -0.2) is 4.39 Å². The van der Waals surface area contributed by atoms with Crippen molar-refractivity contribution in [2.75, 3.05) is 19.9 Å². The largest absolute Gasteiger partial charge is 0.454 e. The van der Waals surface area contributed by atoms with Crippen molar-refractivity contribution in [2.24, 2.45) is 0 Å². The van der Waals surface area contributed by atoms with Crippen molar-refractivity contribution in [3.05, 3.63) is 59.7 Å². The summed E-state index contributed by atoms with van der Waals surface area (Å²) in [7, 11) is 0. The molecule has 2 unspecified atom stereocenters. The normalized spacial score (nSPS) is 17.1. The van der Waals surface area contributed by atoms with Gasteiger partial charge in [-0.2, -0.15) is 0 Å². The first-order valence-corrected chi connectivity index (χ1v) is 13.2. The van der Waals surface area contributed by atoms with Crippen LogP contribution in [0.3, 0.4) is 0 Å². The maximum absolute atomic E-state index is 13.7. The third-order valence-corrected chi connectivity index (χ3v) is 7.65. The van der Waals surface area contributed by atoms with E-state index in [1.165, 1.54) is 30.3 Å². The number of likely N-dealkylation sites (tertiary alicyclic amines) is 1. The number of rotatable bonds is 8. The molecule has 2 aromatic carbocycles. The van der Waals surface area contributed by atoms with Gasteiger partial charge in [0.2, 0.25) is 12.7 Å². The molecule has 2 aliphatic rings. The highest BCUT2D eigenvalue weighted by molar-refractivity contribution is 8.00. The van der Waals surface area contributed by atoms with E-state index in [2.05, 4.69) is 27.3 Å². The molecule has 1 N–H and O–H groups in total. The van der Waals surface area contributed by atoms with Crippen molar-refractivity contribution in [3.8, 4) is 17.2 Å². The Morgan fingerprint density at radius 1 is 1.06 bits per heavy atom. The number of carbonyl (C=O) groups is 1. The number of piperidine rings is 1. The van der Waals surface area contributed by atoms with Crippen LogP contribution < -0.4 is 14.8 Å². The molecule has 5 rings (SSSR count). The van der Waals surface area contributed by atoms with Crippen molar-refractivity contribution in [3.63, 3.8) is 0 Å². The molecule has 0 radical (unpaired) electrons. The van der Waals surface area contributed by atoms with E-state index in [-0.39, 0.29) is 24.6 Å². The number of fused-ring (bicyclic) bond motifs is 1. The molecule has 1 aromatic heterocycles. The van der Waals surface area contributed by atoms with Crippen LogP contribution in [0, 0.1) is 5.82 Å². The number of hydrogen-bond donors (Lipinski definition) is 1. The zero-order chi connectivity index (χ0) is 25.1. The third-order valence-electron chi connectivity index (χ3n) is 6.61. The number of hydrogen-bond acceptors (Lipinski definition) is 7. The van der Waals surface area contributed by atoms with Crippen LogP contribution in [0.4, 0.5) is 4.39 Å². The maximum Gasteiger partial charge on any atom is 0.233 e. The molecule has 1 saturated heterocycles. The predicted molar refractivity (Wildman–Crippen MR) is 135 cm³/mol. The van der Waals surface area contributed by atoms with Crippen molar-refractivity contribution in [2.45, 2.75) is 56.1 Å². The Hall–Kier alpha value is -3.11. The molecular formula is C26H30FN5O3S. The summed E-state index contributed by atoms with van der Waals surface area (Å²) in [6, 6.07) is 12.0. The minimum atomic E-state index is -0.416. The molecule has 190 valence electrons. The first-order valence-electron chi connectivity index (χ1n) is 12.3. The van der Waals surface area contributed by atoms with Gasteiger partial charge in [0.15, 0.2) is 22.5 Å². The summed E-state index contributed by atoms with van der Waals surface area (Å²) in [5.41, 5.74) is 1.70. The van der Waals surface area contributed by atoms with Crippen LogP contribution in [0.5, 0.6) is 11.5 Å². The number of nitrogens with one attached hydrogen (secondary N) is 1. The zero-order valence-corrected chi connectivity index (χ0v) is 21.3. The monoisotopic (exact) mass is 511 g/mol. The molecule has 1 fully saturated rings. The fourth-order valence-electron chi connectivity index (χ4n) is 4.53. The second-order valence-electron chi connectivity index (χ2n) is 9.09. The third kappa shape index (κ3) is 5.34. The molecule has 2 atom stereocenters. The zero-order valence-electron chi connectivity index (χ0n) is 20.4. The number of carbonyl (C=O) groups excluding carboxylic acids is 1. The summed E-state index contributed by atoms with van der Waals surface area (Å²) in [6.07, 6.45) is 3.57. The standard InChI is InChI=1S/C26H30FN5O3S/c1-17(31-12-4-3-5-13-31)24-29-30-26(32(24)21-9-7-20(27)8-10-21)36-18(2)25(33)28-15-19-6-11-22-23(14-19)35-16-34-22/h6-11,14,17-18H,3-5,12-13,15-16H2,1-2H3,(H,28,33). The van der Waals surface area contributed by atoms with Gasteiger partial charge in [-0.1, -0.05) is 24.2 Å². The Morgan fingerprint density at radius 2 is 1.81 bits per heavy atom. The van der Waals surface area contributed by atoms with Crippen LogP contribution in [-0.4, -0.2) is 50.7 Å². The number of thioether (sulfide) groups is 1. The maximum atomic E-state index is 13.7. The lowest BCUT2D eigenvalue weighted by molar-refractivity contribution is -0.120. The molecule has 1 amide bonds. The van der Waals surface area contributed by atoms with Gasteiger partial charge >= 0.3 is 0 Å². The first-order chi connectivity index (χ1) is 17.5. The number of aromatic nitrogens is 3. The number of halogens is 1. The van der Waals surface area contributed by atoms with Crippen LogP contribution in [0.2, 0.25) is 0 Å². The number of benzene rings is 2.